The molecule has 80 valence electrons. The maximum atomic E-state index is 11.2. The molecular formula is C9H16N2O3. The van der Waals surface area contributed by atoms with Gasteiger partial charge in [-0.25, -0.2) is 4.79 Å². The molecule has 0 unspecified atom stereocenters. The van der Waals surface area contributed by atoms with Crippen LogP contribution in [0, 0.1) is 0 Å². The standard InChI is InChI=1S/C9H16N2O3/c1-3-11(2)8(12)7-10-6-4-5-9(13)14/h4-5,10H,3,6-7H2,1-2H3,(H,13,14)/b5-4+. The number of rotatable bonds is 6. The average molecular weight is 200 g/mol. The number of hydrogen-bond acceptors (Lipinski definition) is 3. The molecule has 5 heteroatoms. The molecule has 0 aromatic rings. The number of likely N-dealkylation sites (N-methyl/N-ethyl adjacent to an activating group) is 1. The highest BCUT2D eigenvalue weighted by Crippen LogP contribution is 1.81. The maximum absolute atomic E-state index is 11.2. The molecule has 0 rings (SSSR count). The number of nitrogens with one attached hydrogen (secondary N) is 1. The summed E-state index contributed by atoms with van der Waals surface area (Å²) in [5.74, 6) is -0.986. The SMILES string of the molecule is CCN(C)C(=O)CNC/C=C/C(=O)O. The Morgan fingerprint density at radius 2 is 2.14 bits per heavy atom. The minimum absolute atomic E-state index is 0.00350. The van der Waals surface area contributed by atoms with Crippen LogP contribution in [0.15, 0.2) is 12.2 Å². The third-order valence-corrected chi connectivity index (χ3v) is 1.70. The van der Waals surface area contributed by atoms with Crippen LogP contribution >= 0.6 is 0 Å². The van der Waals surface area contributed by atoms with E-state index >= 15 is 0 Å². The minimum Gasteiger partial charge on any atom is -0.478 e. The second-order valence-corrected chi connectivity index (χ2v) is 2.78. The molecule has 14 heavy (non-hydrogen) atoms. The molecule has 0 atom stereocenters. The summed E-state index contributed by atoms with van der Waals surface area (Å²) < 4.78 is 0. The van der Waals surface area contributed by atoms with Gasteiger partial charge in [0.2, 0.25) is 5.91 Å². The Labute approximate surface area is 83.4 Å². The van der Waals surface area contributed by atoms with Crippen molar-refractivity contribution in [3.05, 3.63) is 12.2 Å². The van der Waals surface area contributed by atoms with Gasteiger partial charge < -0.3 is 15.3 Å². The van der Waals surface area contributed by atoms with Crippen LogP contribution in [0.5, 0.6) is 0 Å². The third kappa shape index (κ3) is 6.19. The van der Waals surface area contributed by atoms with Crippen LogP contribution in [0.2, 0.25) is 0 Å². The first-order chi connectivity index (χ1) is 6.57. The van der Waals surface area contributed by atoms with Gasteiger partial charge in [0.1, 0.15) is 0 Å². The number of hydrogen-bond donors (Lipinski definition) is 2. The highest BCUT2D eigenvalue weighted by Gasteiger charge is 2.03. The molecule has 2 N–H and O–H groups in total. The van der Waals surface area contributed by atoms with Gasteiger partial charge in [-0.05, 0) is 6.92 Å². The molecule has 5 nitrogen and oxygen atoms in total. The molecule has 0 spiro atoms. The van der Waals surface area contributed by atoms with Gasteiger partial charge >= 0.3 is 5.97 Å². The van der Waals surface area contributed by atoms with Crippen molar-refractivity contribution in [1.82, 2.24) is 10.2 Å². The number of carbonyl (C=O) groups is 2. The largest absolute Gasteiger partial charge is 0.478 e. The topological polar surface area (TPSA) is 69.6 Å². The molecule has 0 aliphatic carbocycles. The number of carboxylic acids is 1. The molecule has 0 aromatic carbocycles. The Bertz CT molecular complexity index is 226. The summed E-state index contributed by atoms with van der Waals surface area (Å²) in [4.78, 5) is 22.8. The second kappa shape index (κ2) is 7.08. The number of aliphatic carboxylic acids is 1. The summed E-state index contributed by atoms with van der Waals surface area (Å²) in [6.45, 7) is 3.18. The van der Waals surface area contributed by atoms with Crippen molar-refractivity contribution >= 4 is 11.9 Å². The fourth-order valence-electron chi connectivity index (χ4n) is 0.733. The summed E-state index contributed by atoms with van der Waals surface area (Å²) in [5, 5.41) is 11.1. The van der Waals surface area contributed by atoms with Crippen molar-refractivity contribution in [2.75, 3.05) is 26.7 Å². The molecule has 0 aliphatic heterocycles. The third-order valence-electron chi connectivity index (χ3n) is 1.70. The number of carbonyl (C=O) groups excluding carboxylic acids is 1. The van der Waals surface area contributed by atoms with Crippen LogP contribution in [0.4, 0.5) is 0 Å². The predicted octanol–water partition coefficient (Wildman–Crippen LogP) is -0.305. The Balaban J connectivity index is 3.55. The number of carboxylic acid groups (broad SMARTS) is 1. The zero-order valence-electron chi connectivity index (χ0n) is 8.49. The van der Waals surface area contributed by atoms with Crippen LogP contribution in [-0.2, 0) is 9.59 Å². The fraction of sp³-hybridized carbons (Fsp3) is 0.556. The van der Waals surface area contributed by atoms with Gasteiger partial charge in [-0.1, -0.05) is 6.08 Å². The lowest BCUT2D eigenvalue weighted by molar-refractivity contribution is -0.131. The van der Waals surface area contributed by atoms with Crippen molar-refractivity contribution in [2.45, 2.75) is 6.92 Å². The number of nitrogens with zero attached hydrogens (tertiary/aromatic N) is 1. The molecule has 0 saturated carbocycles. The molecular weight excluding hydrogens is 184 g/mol. The van der Waals surface area contributed by atoms with E-state index < -0.39 is 5.97 Å². The van der Waals surface area contributed by atoms with Gasteiger partial charge in [0.05, 0.1) is 6.54 Å². The van der Waals surface area contributed by atoms with Crippen LogP contribution in [0.3, 0.4) is 0 Å². The van der Waals surface area contributed by atoms with E-state index in [0.29, 0.717) is 13.1 Å². The van der Waals surface area contributed by atoms with Crippen molar-refractivity contribution in [2.24, 2.45) is 0 Å². The van der Waals surface area contributed by atoms with E-state index in [1.807, 2.05) is 6.92 Å². The Hall–Kier alpha value is -1.36. The van der Waals surface area contributed by atoms with E-state index in [4.69, 9.17) is 5.11 Å². The number of amides is 1. The smallest absolute Gasteiger partial charge is 0.328 e. The van der Waals surface area contributed by atoms with Crippen molar-refractivity contribution in [3.63, 3.8) is 0 Å². The molecule has 0 heterocycles. The Morgan fingerprint density at radius 3 is 2.64 bits per heavy atom. The van der Waals surface area contributed by atoms with Crippen LogP contribution < -0.4 is 5.32 Å². The monoisotopic (exact) mass is 200 g/mol. The van der Waals surface area contributed by atoms with Crippen molar-refractivity contribution in [1.29, 1.82) is 0 Å². The van der Waals surface area contributed by atoms with E-state index in [1.54, 1.807) is 11.9 Å². The van der Waals surface area contributed by atoms with Crippen molar-refractivity contribution in [3.8, 4) is 0 Å². The van der Waals surface area contributed by atoms with Crippen LogP contribution in [-0.4, -0.2) is 48.6 Å². The Kier molecular flexibility index (Phi) is 6.39. The molecule has 0 fully saturated rings. The molecule has 1 amide bonds. The second-order valence-electron chi connectivity index (χ2n) is 2.78. The van der Waals surface area contributed by atoms with Crippen LogP contribution in [0.25, 0.3) is 0 Å². The lowest BCUT2D eigenvalue weighted by atomic mass is 10.4. The molecule has 0 aromatic heterocycles. The summed E-state index contributed by atoms with van der Waals surface area (Å²) in [7, 11) is 1.72. The zero-order valence-corrected chi connectivity index (χ0v) is 8.49. The van der Waals surface area contributed by atoms with Gasteiger partial charge in [0.25, 0.3) is 0 Å². The summed E-state index contributed by atoms with van der Waals surface area (Å²) in [6.07, 6.45) is 2.50. The lowest BCUT2D eigenvalue weighted by Crippen LogP contribution is -2.35. The van der Waals surface area contributed by atoms with Gasteiger partial charge in [-0.15, -0.1) is 0 Å². The van der Waals surface area contributed by atoms with Crippen LogP contribution in [0.1, 0.15) is 6.92 Å². The molecule has 0 bridgehead atoms. The quantitative estimate of drug-likeness (QED) is 0.456. The molecule has 0 aliphatic rings. The molecule has 0 saturated heterocycles. The first-order valence-electron chi connectivity index (χ1n) is 4.42. The predicted molar refractivity (Wildman–Crippen MR) is 53.0 cm³/mol. The average Bonchev–Trinajstić information content (AvgIpc) is 2.15. The zero-order chi connectivity index (χ0) is 11.0. The van der Waals surface area contributed by atoms with Gasteiger partial charge in [-0.2, -0.15) is 0 Å². The van der Waals surface area contributed by atoms with E-state index in [0.717, 1.165) is 6.08 Å². The van der Waals surface area contributed by atoms with E-state index in [-0.39, 0.29) is 12.5 Å². The Morgan fingerprint density at radius 1 is 1.50 bits per heavy atom. The van der Waals surface area contributed by atoms with E-state index in [1.165, 1.54) is 6.08 Å². The highest BCUT2D eigenvalue weighted by molar-refractivity contribution is 5.80. The highest BCUT2D eigenvalue weighted by atomic mass is 16.4. The summed E-state index contributed by atoms with van der Waals surface area (Å²) >= 11 is 0. The lowest BCUT2D eigenvalue weighted by Gasteiger charge is -2.13. The van der Waals surface area contributed by atoms with Gasteiger partial charge in [0, 0.05) is 26.2 Å². The van der Waals surface area contributed by atoms with E-state index in [9.17, 15) is 9.59 Å². The first-order valence-corrected chi connectivity index (χ1v) is 4.42. The maximum Gasteiger partial charge on any atom is 0.328 e. The molecule has 0 radical (unpaired) electrons. The summed E-state index contributed by atoms with van der Waals surface area (Å²) in [6, 6.07) is 0. The van der Waals surface area contributed by atoms with Gasteiger partial charge in [0.15, 0.2) is 0 Å². The minimum atomic E-state index is -0.983. The van der Waals surface area contributed by atoms with Crippen molar-refractivity contribution < 1.29 is 14.7 Å². The fourth-order valence-corrected chi connectivity index (χ4v) is 0.733. The summed E-state index contributed by atoms with van der Waals surface area (Å²) in [5.41, 5.74) is 0. The normalized spacial score (nSPS) is 10.4. The van der Waals surface area contributed by atoms with Gasteiger partial charge in [-0.3, -0.25) is 4.79 Å². The first kappa shape index (κ1) is 12.6. The van der Waals surface area contributed by atoms with E-state index in [2.05, 4.69) is 5.32 Å².